The standard InChI is InChI=1S/C18H27N3O5S/c1-25-17-4-3-15(20-9-11-26-12-10-20)13-16(17)19-18(22)14-5-7-21(8-6-14)27(2,23)24/h3-4,13-14H,5-12H2,1-2H3,(H,19,22). The number of amides is 1. The molecule has 0 bridgehead atoms. The molecule has 9 heteroatoms. The van der Waals surface area contributed by atoms with Crippen molar-refractivity contribution in [2.75, 3.05) is 63.0 Å². The van der Waals surface area contributed by atoms with Crippen molar-refractivity contribution in [2.24, 2.45) is 5.92 Å². The number of carbonyl (C=O) groups is 1. The molecule has 0 saturated carbocycles. The van der Waals surface area contributed by atoms with Crippen LogP contribution in [0.5, 0.6) is 5.75 Å². The third kappa shape index (κ3) is 4.91. The number of ether oxygens (including phenoxy) is 2. The van der Waals surface area contributed by atoms with E-state index < -0.39 is 10.0 Å². The van der Waals surface area contributed by atoms with Crippen LogP contribution in [0.3, 0.4) is 0 Å². The van der Waals surface area contributed by atoms with Gasteiger partial charge < -0.3 is 19.7 Å². The fourth-order valence-electron chi connectivity index (χ4n) is 3.50. The van der Waals surface area contributed by atoms with Crippen LogP contribution in [0, 0.1) is 5.92 Å². The van der Waals surface area contributed by atoms with E-state index in [1.54, 1.807) is 7.11 Å². The van der Waals surface area contributed by atoms with E-state index in [1.165, 1.54) is 10.6 Å². The molecular weight excluding hydrogens is 370 g/mol. The van der Waals surface area contributed by atoms with Crippen LogP contribution in [0.4, 0.5) is 11.4 Å². The highest BCUT2D eigenvalue weighted by atomic mass is 32.2. The summed E-state index contributed by atoms with van der Waals surface area (Å²) in [6.45, 7) is 3.75. The number of piperidine rings is 1. The first-order chi connectivity index (χ1) is 12.9. The molecule has 0 atom stereocenters. The topological polar surface area (TPSA) is 88.2 Å². The zero-order valence-corrected chi connectivity index (χ0v) is 16.6. The van der Waals surface area contributed by atoms with Crippen molar-refractivity contribution in [3.05, 3.63) is 18.2 Å². The minimum absolute atomic E-state index is 0.0967. The zero-order chi connectivity index (χ0) is 19.4. The number of methoxy groups -OCH3 is 1. The lowest BCUT2D eigenvalue weighted by atomic mass is 9.97. The predicted octanol–water partition coefficient (Wildman–Crippen LogP) is 1.14. The Morgan fingerprint density at radius 2 is 1.85 bits per heavy atom. The molecule has 2 saturated heterocycles. The summed E-state index contributed by atoms with van der Waals surface area (Å²) in [6.07, 6.45) is 2.24. The van der Waals surface area contributed by atoms with Crippen LogP contribution >= 0.6 is 0 Å². The number of rotatable bonds is 5. The first-order valence-corrected chi connectivity index (χ1v) is 11.0. The van der Waals surface area contributed by atoms with Crippen molar-refractivity contribution >= 4 is 27.3 Å². The van der Waals surface area contributed by atoms with Crippen LogP contribution in [0.15, 0.2) is 18.2 Å². The second-order valence-electron chi connectivity index (χ2n) is 6.91. The predicted molar refractivity (Wildman–Crippen MR) is 104 cm³/mol. The molecule has 0 radical (unpaired) electrons. The Morgan fingerprint density at radius 3 is 2.44 bits per heavy atom. The van der Waals surface area contributed by atoms with E-state index in [4.69, 9.17) is 9.47 Å². The van der Waals surface area contributed by atoms with E-state index in [0.717, 1.165) is 18.8 Å². The van der Waals surface area contributed by atoms with Gasteiger partial charge in [-0.15, -0.1) is 0 Å². The number of hydrogen-bond acceptors (Lipinski definition) is 6. The molecule has 0 unspecified atom stereocenters. The highest BCUT2D eigenvalue weighted by molar-refractivity contribution is 7.88. The second-order valence-corrected chi connectivity index (χ2v) is 8.89. The number of nitrogens with one attached hydrogen (secondary N) is 1. The first kappa shape index (κ1) is 19.9. The third-order valence-electron chi connectivity index (χ3n) is 5.11. The van der Waals surface area contributed by atoms with E-state index in [-0.39, 0.29) is 11.8 Å². The quantitative estimate of drug-likeness (QED) is 0.802. The number of anilines is 2. The maximum Gasteiger partial charge on any atom is 0.227 e. The highest BCUT2D eigenvalue weighted by Crippen LogP contribution is 2.31. The number of nitrogens with zero attached hydrogens (tertiary/aromatic N) is 2. The number of hydrogen-bond donors (Lipinski definition) is 1. The number of carbonyl (C=O) groups excluding carboxylic acids is 1. The van der Waals surface area contributed by atoms with Gasteiger partial charge in [-0.05, 0) is 31.0 Å². The lowest BCUT2D eigenvalue weighted by Crippen LogP contribution is -2.41. The summed E-state index contributed by atoms with van der Waals surface area (Å²) in [4.78, 5) is 14.9. The van der Waals surface area contributed by atoms with Gasteiger partial charge in [-0.3, -0.25) is 4.79 Å². The average Bonchev–Trinajstić information content (AvgIpc) is 2.68. The summed E-state index contributed by atoms with van der Waals surface area (Å²) in [6, 6.07) is 5.75. The smallest absolute Gasteiger partial charge is 0.227 e. The molecule has 1 amide bonds. The Kier molecular flexibility index (Phi) is 6.23. The molecule has 27 heavy (non-hydrogen) atoms. The van der Waals surface area contributed by atoms with E-state index >= 15 is 0 Å². The van der Waals surface area contributed by atoms with Gasteiger partial charge in [-0.25, -0.2) is 12.7 Å². The molecule has 2 heterocycles. The van der Waals surface area contributed by atoms with Crippen molar-refractivity contribution < 1.29 is 22.7 Å². The molecule has 1 aromatic rings. The molecule has 0 aliphatic carbocycles. The van der Waals surface area contributed by atoms with Crippen LogP contribution in [-0.4, -0.2) is 71.4 Å². The molecule has 3 rings (SSSR count). The first-order valence-electron chi connectivity index (χ1n) is 9.15. The van der Waals surface area contributed by atoms with E-state index in [1.807, 2.05) is 18.2 Å². The Hall–Kier alpha value is -1.84. The van der Waals surface area contributed by atoms with Gasteiger partial charge in [0.15, 0.2) is 0 Å². The monoisotopic (exact) mass is 397 g/mol. The fraction of sp³-hybridized carbons (Fsp3) is 0.611. The number of morpholine rings is 1. The maximum absolute atomic E-state index is 12.7. The third-order valence-corrected chi connectivity index (χ3v) is 6.41. The maximum atomic E-state index is 12.7. The lowest BCUT2D eigenvalue weighted by Gasteiger charge is -2.30. The second kappa shape index (κ2) is 8.45. The normalized spacial score (nSPS) is 19.7. The van der Waals surface area contributed by atoms with Crippen LogP contribution in [0.25, 0.3) is 0 Å². The van der Waals surface area contributed by atoms with E-state index in [2.05, 4.69) is 10.2 Å². The Labute approximate surface area is 160 Å². The number of sulfonamides is 1. The van der Waals surface area contributed by atoms with Gasteiger partial charge in [0, 0.05) is 37.8 Å². The molecule has 1 N–H and O–H groups in total. The van der Waals surface area contributed by atoms with Crippen LogP contribution < -0.4 is 15.0 Å². The van der Waals surface area contributed by atoms with Gasteiger partial charge in [0.25, 0.3) is 0 Å². The molecule has 0 spiro atoms. The average molecular weight is 397 g/mol. The van der Waals surface area contributed by atoms with Crippen LogP contribution in [0.1, 0.15) is 12.8 Å². The lowest BCUT2D eigenvalue weighted by molar-refractivity contribution is -0.120. The van der Waals surface area contributed by atoms with Gasteiger partial charge in [0.05, 0.1) is 32.3 Å². The summed E-state index contributed by atoms with van der Waals surface area (Å²) in [7, 11) is -1.62. The summed E-state index contributed by atoms with van der Waals surface area (Å²) in [5, 5.41) is 2.97. The minimum atomic E-state index is -3.20. The fourth-order valence-corrected chi connectivity index (χ4v) is 4.37. The van der Waals surface area contributed by atoms with Gasteiger partial charge in [-0.1, -0.05) is 0 Å². The molecule has 150 valence electrons. The zero-order valence-electron chi connectivity index (χ0n) is 15.8. The van der Waals surface area contributed by atoms with Gasteiger partial charge in [0.1, 0.15) is 5.75 Å². The van der Waals surface area contributed by atoms with Crippen LogP contribution in [0.2, 0.25) is 0 Å². The Balaban J connectivity index is 1.68. The summed E-state index contributed by atoms with van der Waals surface area (Å²) in [5.74, 6) is 0.300. The van der Waals surface area contributed by atoms with Crippen molar-refractivity contribution in [2.45, 2.75) is 12.8 Å². The molecular formula is C18H27N3O5S. The summed E-state index contributed by atoms with van der Waals surface area (Å²) in [5.41, 5.74) is 1.65. The van der Waals surface area contributed by atoms with Crippen molar-refractivity contribution in [3.63, 3.8) is 0 Å². The summed E-state index contributed by atoms with van der Waals surface area (Å²) >= 11 is 0. The molecule has 2 aliphatic rings. The van der Waals surface area contributed by atoms with Crippen molar-refractivity contribution in [1.29, 1.82) is 0 Å². The SMILES string of the molecule is COc1ccc(N2CCOCC2)cc1NC(=O)C1CCN(S(C)(=O)=O)CC1. The van der Waals surface area contributed by atoms with Crippen molar-refractivity contribution in [1.82, 2.24) is 4.31 Å². The van der Waals surface area contributed by atoms with E-state index in [0.29, 0.717) is 50.6 Å². The van der Waals surface area contributed by atoms with Gasteiger partial charge in [-0.2, -0.15) is 0 Å². The Morgan fingerprint density at radius 1 is 1.19 bits per heavy atom. The number of benzene rings is 1. The molecule has 2 fully saturated rings. The van der Waals surface area contributed by atoms with Gasteiger partial charge >= 0.3 is 0 Å². The molecule has 2 aliphatic heterocycles. The highest BCUT2D eigenvalue weighted by Gasteiger charge is 2.29. The van der Waals surface area contributed by atoms with Crippen LogP contribution in [-0.2, 0) is 19.6 Å². The van der Waals surface area contributed by atoms with E-state index in [9.17, 15) is 13.2 Å². The molecule has 1 aromatic carbocycles. The summed E-state index contributed by atoms with van der Waals surface area (Å²) < 4.78 is 35.4. The minimum Gasteiger partial charge on any atom is -0.495 e. The molecule has 8 nitrogen and oxygen atoms in total. The largest absolute Gasteiger partial charge is 0.495 e. The molecule has 0 aromatic heterocycles. The van der Waals surface area contributed by atoms with Crippen molar-refractivity contribution in [3.8, 4) is 5.75 Å². The van der Waals surface area contributed by atoms with Gasteiger partial charge in [0.2, 0.25) is 15.9 Å². The Bertz CT molecular complexity index is 769.